The van der Waals surface area contributed by atoms with E-state index >= 15 is 0 Å². The number of nitrogens with zero attached hydrogens (tertiary/aromatic N) is 3. The first-order valence-corrected chi connectivity index (χ1v) is 12.5. The Kier molecular flexibility index (Phi) is 5.31. The van der Waals surface area contributed by atoms with Crippen molar-refractivity contribution in [1.29, 1.82) is 0 Å². The van der Waals surface area contributed by atoms with Crippen LogP contribution in [0.3, 0.4) is 0 Å². The number of hydrogen-bond donors (Lipinski definition) is 3. The zero-order valence-corrected chi connectivity index (χ0v) is 20.1. The molecule has 3 aromatic rings. The lowest BCUT2D eigenvalue weighted by atomic mass is 9.48. The molecule has 4 bridgehead atoms. The van der Waals surface area contributed by atoms with Gasteiger partial charge in [-0.25, -0.2) is 9.37 Å². The Bertz CT molecular complexity index is 1360. The molecule has 11 heteroatoms. The first-order chi connectivity index (χ1) is 17.5. The Hall–Kier alpha value is -3.21. The van der Waals surface area contributed by atoms with Crippen LogP contribution in [0.15, 0.2) is 36.4 Å². The van der Waals surface area contributed by atoms with Crippen LogP contribution < -0.4 is 10.6 Å². The number of anilines is 1. The summed E-state index contributed by atoms with van der Waals surface area (Å²) in [4.78, 5) is 16.9. The molecular weight excluding hydrogens is 490 g/mol. The standard InChI is InChI=1S/C26H27F4N5O2/c1-2-22(36)33-24-10-14-7-15(11-24)13-25(37,12-14)23(24)32-20-8-18(16-3-5-17(27)6-4-16)31-21-9-19(26(28,29)30)34-35(20)21/h3-6,8-9,14-15,23,32,37H,2,7,10-13H2,1H3,(H,33,36). The fourth-order valence-electron chi connectivity index (χ4n) is 7.08. The molecule has 4 aliphatic carbocycles. The molecular formula is C26H27F4N5O2. The van der Waals surface area contributed by atoms with Crippen LogP contribution in [0.1, 0.15) is 51.1 Å². The number of amides is 1. The van der Waals surface area contributed by atoms with Gasteiger partial charge in [0.2, 0.25) is 5.91 Å². The normalized spacial score (nSPS) is 30.6. The van der Waals surface area contributed by atoms with Crippen LogP contribution in [0.25, 0.3) is 16.9 Å². The number of nitrogens with one attached hydrogen (secondary N) is 2. The maximum absolute atomic E-state index is 13.6. The molecule has 4 aliphatic rings. The first-order valence-electron chi connectivity index (χ1n) is 12.5. The van der Waals surface area contributed by atoms with Crippen molar-refractivity contribution in [3.63, 3.8) is 0 Å². The van der Waals surface area contributed by atoms with Gasteiger partial charge in [-0.1, -0.05) is 6.92 Å². The molecule has 2 aromatic heterocycles. The Morgan fingerprint density at radius 1 is 1.14 bits per heavy atom. The van der Waals surface area contributed by atoms with Gasteiger partial charge in [-0.05, 0) is 68.2 Å². The van der Waals surface area contributed by atoms with E-state index in [0.29, 0.717) is 36.9 Å². The molecule has 0 aliphatic heterocycles. The Labute approximate surface area is 210 Å². The second-order valence-corrected chi connectivity index (χ2v) is 10.9. The molecule has 2 heterocycles. The summed E-state index contributed by atoms with van der Waals surface area (Å²) in [6, 6.07) is 7.27. The molecule has 37 heavy (non-hydrogen) atoms. The number of carbonyl (C=O) groups excluding carboxylic acids is 1. The number of benzene rings is 1. The van der Waals surface area contributed by atoms with Gasteiger partial charge in [-0.2, -0.15) is 22.8 Å². The van der Waals surface area contributed by atoms with Crippen LogP contribution in [0.5, 0.6) is 0 Å². The van der Waals surface area contributed by atoms with Gasteiger partial charge in [0.1, 0.15) is 11.6 Å². The summed E-state index contributed by atoms with van der Waals surface area (Å²) in [7, 11) is 0. The van der Waals surface area contributed by atoms with E-state index in [-0.39, 0.29) is 35.6 Å². The summed E-state index contributed by atoms with van der Waals surface area (Å²) in [5.74, 6) is 0.151. The third-order valence-corrected chi connectivity index (χ3v) is 8.21. The van der Waals surface area contributed by atoms with Crippen molar-refractivity contribution in [2.45, 2.75) is 68.8 Å². The molecule has 7 rings (SSSR count). The second-order valence-electron chi connectivity index (χ2n) is 10.9. The van der Waals surface area contributed by atoms with Crippen LogP contribution in [-0.2, 0) is 11.0 Å². The predicted octanol–water partition coefficient (Wildman–Crippen LogP) is 4.55. The topological polar surface area (TPSA) is 91.5 Å². The summed E-state index contributed by atoms with van der Waals surface area (Å²) >= 11 is 0. The highest BCUT2D eigenvalue weighted by atomic mass is 19.4. The molecule has 3 atom stereocenters. The molecule has 1 aromatic carbocycles. The Morgan fingerprint density at radius 3 is 2.43 bits per heavy atom. The zero-order valence-electron chi connectivity index (χ0n) is 20.1. The summed E-state index contributed by atoms with van der Waals surface area (Å²) in [5, 5.41) is 22.1. The van der Waals surface area contributed by atoms with Crippen LogP contribution in [0, 0.1) is 17.7 Å². The number of carbonyl (C=O) groups is 1. The van der Waals surface area contributed by atoms with Gasteiger partial charge in [-0.3, -0.25) is 4.79 Å². The van der Waals surface area contributed by atoms with Crippen molar-refractivity contribution in [1.82, 2.24) is 19.9 Å². The third-order valence-electron chi connectivity index (χ3n) is 8.21. The average molecular weight is 518 g/mol. The van der Waals surface area contributed by atoms with Gasteiger partial charge >= 0.3 is 6.18 Å². The molecule has 0 radical (unpaired) electrons. The van der Waals surface area contributed by atoms with Gasteiger partial charge in [0, 0.05) is 24.1 Å². The smallest absolute Gasteiger partial charge is 0.388 e. The summed E-state index contributed by atoms with van der Waals surface area (Å²) in [6.07, 6.45) is -0.931. The van der Waals surface area contributed by atoms with E-state index in [1.165, 1.54) is 24.3 Å². The van der Waals surface area contributed by atoms with Crippen LogP contribution in [-0.4, -0.2) is 42.8 Å². The second kappa shape index (κ2) is 8.14. The average Bonchev–Trinajstić information content (AvgIpc) is 3.26. The van der Waals surface area contributed by atoms with Crippen LogP contribution in [0.2, 0.25) is 0 Å². The van der Waals surface area contributed by atoms with Crippen molar-refractivity contribution in [2.24, 2.45) is 11.8 Å². The maximum atomic E-state index is 13.6. The highest BCUT2D eigenvalue weighted by Gasteiger charge is 2.64. The first kappa shape index (κ1) is 24.1. The number of rotatable bonds is 5. The van der Waals surface area contributed by atoms with Crippen molar-refractivity contribution < 1.29 is 27.5 Å². The monoisotopic (exact) mass is 517 g/mol. The van der Waals surface area contributed by atoms with E-state index in [9.17, 15) is 27.5 Å². The zero-order chi connectivity index (χ0) is 26.2. The maximum Gasteiger partial charge on any atom is 0.435 e. The molecule has 4 fully saturated rings. The van der Waals surface area contributed by atoms with Gasteiger partial charge in [0.15, 0.2) is 11.3 Å². The summed E-state index contributed by atoms with van der Waals surface area (Å²) in [5.41, 5.74) is -2.18. The van der Waals surface area contributed by atoms with E-state index in [1.807, 2.05) is 0 Å². The van der Waals surface area contributed by atoms with E-state index < -0.39 is 34.9 Å². The largest absolute Gasteiger partial charge is 0.435 e. The fourth-order valence-corrected chi connectivity index (χ4v) is 7.08. The van der Waals surface area contributed by atoms with Crippen molar-refractivity contribution >= 4 is 17.4 Å². The molecule has 196 valence electrons. The molecule has 7 nitrogen and oxygen atoms in total. The SMILES string of the molecule is CCC(=O)NC12CC3CC(CC(O)(C3)C1Nc1cc(-c3ccc(F)cc3)nc3cc(C(F)(F)F)nn13)C2. The highest BCUT2D eigenvalue weighted by Crippen LogP contribution is 2.58. The number of hydrogen-bond acceptors (Lipinski definition) is 5. The number of halogens is 4. The molecule has 3 unspecified atom stereocenters. The molecule has 4 saturated carbocycles. The van der Waals surface area contributed by atoms with Crippen LogP contribution in [0.4, 0.5) is 23.4 Å². The summed E-state index contributed by atoms with van der Waals surface area (Å²) < 4.78 is 55.3. The lowest BCUT2D eigenvalue weighted by molar-refractivity contribution is -0.158. The minimum absolute atomic E-state index is 0.0425. The van der Waals surface area contributed by atoms with E-state index in [4.69, 9.17) is 0 Å². The number of aliphatic hydroxyl groups is 1. The fraction of sp³-hybridized carbons (Fsp3) is 0.500. The lowest BCUT2D eigenvalue weighted by Gasteiger charge is -2.64. The predicted molar refractivity (Wildman–Crippen MR) is 127 cm³/mol. The van der Waals surface area contributed by atoms with Crippen LogP contribution >= 0.6 is 0 Å². The minimum Gasteiger partial charge on any atom is -0.388 e. The number of alkyl halides is 3. The van der Waals surface area contributed by atoms with Crippen molar-refractivity contribution in [3.8, 4) is 11.3 Å². The minimum atomic E-state index is -4.68. The Morgan fingerprint density at radius 2 is 1.81 bits per heavy atom. The van der Waals surface area contributed by atoms with E-state index in [0.717, 1.165) is 17.0 Å². The van der Waals surface area contributed by atoms with E-state index in [1.54, 1.807) is 13.0 Å². The van der Waals surface area contributed by atoms with Gasteiger partial charge in [0.25, 0.3) is 0 Å². The highest BCUT2D eigenvalue weighted by molar-refractivity contribution is 5.77. The Balaban J connectivity index is 1.48. The third kappa shape index (κ3) is 4.03. The molecule has 1 amide bonds. The molecule has 0 spiro atoms. The number of fused-ring (bicyclic) bond motifs is 1. The van der Waals surface area contributed by atoms with Gasteiger partial charge in [-0.15, -0.1) is 0 Å². The van der Waals surface area contributed by atoms with Crippen molar-refractivity contribution in [3.05, 3.63) is 47.9 Å². The van der Waals surface area contributed by atoms with Gasteiger partial charge < -0.3 is 15.7 Å². The molecule has 0 saturated heterocycles. The summed E-state index contributed by atoms with van der Waals surface area (Å²) in [6.45, 7) is 1.76. The number of aromatic nitrogens is 3. The lowest BCUT2D eigenvalue weighted by Crippen LogP contribution is -2.76. The van der Waals surface area contributed by atoms with Gasteiger partial charge in [0.05, 0.1) is 22.9 Å². The van der Waals surface area contributed by atoms with E-state index in [2.05, 4.69) is 20.7 Å². The molecule has 3 N–H and O–H groups in total. The van der Waals surface area contributed by atoms with Crippen molar-refractivity contribution in [2.75, 3.05) is 5.32 Å². The quantitative estimate of drug-likeness (QED) is 0.432.